The van der Waals surface area contributed by atoms with Gasteiger partial charge in [-0.2, -0.15) is 0 Å². The molecule has 0 saturated heterocycles. The second-order valence-electron chi connectivity index (χ2n) is 4.08. The predicted octanol–water partition coefficient (Wildman–Crippen LogP) is 3.24. The van der Waals surface area contributed by atoms with Gasteiger partial charge in [0.25, 0.3) is 0 Å². The third-order valence-electron chi connectivity index (χ3n) is 2.78. The minimum absolute atomic E-state index is 0.440. The molecule has 0 saturated carbocycles. The number of nitrogens with zero attached hydrogens (tertiary/aromatic N) is 1. The maximum absolute atomic E-state index is 5.31. The summed E-state index contributed by atoms with van der Waals surface area (Å²) >= 11 is 0. The molecule has 0 radical (unpaired) electrons. The summed E-state index contributed by atoms with van der Waals surface area (Å²) in [6.45, 7) is 4.33. The van der Waals surface area contributed by atoms with Crippen molar-refractivity contribution in [2.75, 3.05) is 14.2 Å². The molecule has 0 fully saturated rings. The van der Waals surface area contributed by atoms with Crippen molar-refractivity contribution in [1.29, 1.82) is 0 Å². The van der Waals surface area contributed by atoms with E-state index >= 15 is 0 Å². The summed E-state index contributed by atoms with van der Waals surface area (Å²) in [5.41, 5.74) is 1.17. The first kappa shape index (κ1) is 10.9. The molecule has 1 heterocycles. The minimum atomic E-state index is 0.440. The number of rotatable bonds is 3. The van der Waals surface area contributed by atoms with E-state index in [0.717, 1.165) is 11.5 Å². The molecule has 3 nitrogen and oxygen atoms in total. The van der Waals surface area contributed by atoms with Gasteiger partial charge in [-0.05, 0) is 26.0 Å². The normalized spacial score (nSPS) is 11.1. The molecule has 3 heteroatoms. The number of fused-ring (bicyclic) bond motifs is 1. The number of aromatic nitrogens is 1. The van der Waals surface area contributed by atoms with Gasteiger partial charge < -0.3 is 14.0 Å². The van der Waals surface area contributed by atoms with Crippen molar-refractivity contribution in [1.82, 2.24) is 4.57 Å². The van der Waals surface area contributed by atoms with Crippen LogP contribution < -0.4 is 9.47 Å². The first-order valence-corrected chi connectivity index (χ1v) is 5.40. The molecule has 16 heavy (non-hydrogen) atoms. The zero-order valence-corrected chi connectivity index (χ0v) is 10.2. The Labute approximate surface area is 95.6 Å². The largest absolute Gasteiger partial charge is 0.493 e. The fourth-order valence-electron chi connectivity index (χ4n) is 1.93. The number of hydrogen-bond acceptors (Lipinski definition) is 2. The van der Waals surface area contributed by atoms with Crippen molar-refractivity contribution in [3.8, 4) is 11.5 Å². The van der Waals surface area contributed by atoms with Crippen LogP contribution in [-0.2, 0) is 0 Å². The van der Waals surface area contributed by atoms with Gasteiger partial charge in [0.05, 0.1) is 19.7 Å². The van der Waals surface area contributed by atoms with Gasteiger partial charge >= 0.3 is 0 Å². The highest BCUT2D eigenvalue weighted by Crippen LogP contribution is 2.33. The van der Waals surface area contributed by atoms with E-state index in [1.165, 1.54) is 10.9 Å². The molecule has 0 aliphatic heterocycles. The highest BCUT2D eigenvalue weighted by Gasteiger charge is 2.10. The average Bonchev–Trinajstić information content (AvgIpc) is 2.69. The van der Waals surface area contributed by atoms with Gasteiger partial charge in [-0.3, -0.25) is 0 Å². The van der Waals surface area contributed by atoms with E-state index in [2.05, 4.69) is 30.7 Å². The molecule has 2 rings (SSSR count). The molecule has 1 aromatic carbocycles. The Balaban J connectivity index is 2.66. The van der Waals surface area contributed by atoms with E-state index in [0.29, 0.717) is 6.04 Å². The predicted molar refractivity (Wildman–Crippen MR) is 65.4 cm³/mol. The zero-order chi connectivity index (χ0) is 11.7. The van der Waals surface area contributed by atoms with Gasteiger partial charge in [0.2, 0.25) is 0 Å². The Morgan fingerprint density at radius 2 is 1.69 bits per heavy atom. The molecule has 0 aliphatic carbocycles. The molecule has 2 aromatic rings. The zero-order valence-electron chi connectivity index (χ0n) is 10.2. The molecule has 0 aliphatic rings. The van der Waals surface area contributed by atoms with Crippen LogP contribution in [0.1, 0.15) is 19.9 Å². The fraction of sp³-hybridized carbons (Fsp3) is 0.385. The second-order valence-corrected chi connectivity index (χ2v) is 4.08. The highest BCUT2D eigenvalue weighted by molar-refractivity contribution is 5.84. The molecular weight excluding hydrogens is 202 g/mol. The van der Waals surface area contributed by atoms with Crippen LogP contribution in [0.2, 0.25) is 0 Å². The monoisotopic (exact) mass is 219 g/mol. The van der Waals surface area contributed by atoms with Crippen LogP contribution in [-0.4, -0.2) is 18.8 Å². The molecule has 0 spiro atoms. The average molecular weight is 219 g/mol. The lowest BCUT2D eigenvalue weighted by Crippen LogP contribution is -1.98. The number of benzene rings is 1. The standard InChI is InChI=1S/C13H17NO2/c1-9(2)14-6-5-10-7-12(15-3)13(16-4)8-11(10)14/h5-9H,1-4H3. The maximum Gasteiger partial charge on any atom is 0.162 e. The third kappa shape index (κ3) is 1.62. The Hall–Kier alpha value is -1.64. The van der Waals surface area contributed by atoms with E-state index in [-0.39, 0.29) is 0 Å². The first-order chi connectivity index (χ1) is 7.67. The van der Waals surface area contributed by atoms with Crippen molar-refractivity contribution < 1.29 is 9.47 Å². The van der Waals surface area contributed by atoms with Crippen molar-refractivity contribution in [2.24, 2.45) is 0 Å². The van der Waals surface area contributed by atoms with Crippen molar-refractivity contribution in [3.05, 3.63) is 24.4 Å². The lowest BCUT2D eigenvalue weighted by Gasteiger charge is -2.12. The van der Waals surface area contributed by atoms with Gasteiger partial charge in [0.15, 0.2) is 11.5 Å². The van der Waals surface area contributed by atoms with Gasteiger partial charge in [-0.25, -0.2) is 0 Å². The highest BCUT2D eigenvalue weighted by atomic mass is 16.5. The van der Waals surface area contributed by atoms with Gasteiger partial charge in [-0.1, -0.05) is 0 Å². The van der Waals surface area contributed by atoms with E-state index in [1.807, 2.05) is 12.1 Å². The van der Waals surface area contributed by atoms with E-state index < -0.39 is 0 Å². The molecule has 0 atom stereocenters. The Bertz CT molecular complexity index is 500. The molecule has 0 N–H and O–H groups in total. The van der Waals surface area contributed by atoms with Crippen molar-refractivity contribution >= 4 is 10.9 Å². The Morgan fingerprint density at radius 1 is 1.06 bits per heavy atom. The summed E-state index contributed by atoms with van der Waals surface area (Å²) < 4.78 is 12.8. The van der Waals surface area contributed by atoms with Crippen molar-refractivity contribution in [2.45, 2.75) is 19.9 Å². The summed E-state index contributed by atoms with van der Waals surface area (Å²) in [7, 11) is 3.31. The van der Waals surface area contributed by atoms with Crippen LogP contribution in [0.5, 0.6) is 11.5 Å². The Morgan fingerprint density at radius 3 is 2.25 bits per heavy atom. The maximum atomic E-state index is 5.31. The molecule has 86 valence electrons. The lowest BCUT2D eigenvalue weighted by atomic mass is 10.2. The van der Waals surface area contributed by atoms with Gasteiger partial charge in [0, 0.05) is 23.7 Å². The van der Waals surface area contributed by atoms with Crippen LogP contribution in [0.4, 0.5) is 0 Å². The molecule has 0 unspecified atom stereocenters. The van der Waals surface area contributed by atoms with Crippen molar-refractivity contribution in [3.63, 3.8) is 0 Å². The van der Waals surface area contributed by atoms with Gasteiger partial charge in [-0.15, -0.1) is 0 Å². The van der Waals surface area contributed by atoms with E-state index in [1.54, 1.807) is 14.2 Å². The summed E-state index contributed by atoms with van der Waals surface area (Å²) in [5.74, 6) is 1.55. The van der Waals surface area contributed by atoms with Crippen LogP contribution in [0.3, 0.4) is 0 Å². The SMILES string of the molecule is COc1cc2ccn(C(C)C)c2cc1OC. The topological polar surface area (TPSA) is 23.4 Å². The lowest BCUT2D eigenvalue weighted by molar-refractivity contribution is 0.355. The Kier molecular flexibility index (Phi) is 2.77. The van der Waals surface area contributed by atoms with Crippen LogP contribution >= 0.6 is 0 Å². The van der Waals surface area contributed by atoms with Crippen LogP contribution in [0.25, 0.3) is 10.9 Å². The smallest absolute Gasteiger partial charge is 0.162 e. The summed E-state index contributed by atoms with van der Waals surface area (Å²) in [4.78, 5) is 0. The third-order valence-corrected chi connectivity index (χ3v) is 2.78. The van der Waals surface area contributed by atoms with E-state index in [9.17, 15) is 0 Å². The van der Waals surface area contributed by atoms with Crippen LogP contribution in [0, 0.1) is 0 Å². The molecular formula is C13H17NO2. The van der Waals surface area contributed by atoms with Crippen LogP contribution in [0.15, 0.2) is 24.4 Å². The number of hydrogen-bond donors (Lipinski definition) is 0. The fourth-order valence-corrected chi connectivity index (χ4v) is 1.93. The van der Waals surface area contributed by atoms with Gasteiger partial charge in [0.1, 0.15) is 0 Å². The molecule has 0 amide bonds. The second kappa shape index (κ2) is 4.08. The quantitative estimate of drug-likeness (QED) is 0.791. The van der Waals surface area contributed by atoms with E-state index in [4.69, 9.17) is 9.47 Å². The molecule has 0 bridgehead atoms. The first-order valence-electron chi connectivity index (χ1n) is 5.40. The number of ether oxygens (including phenoxy) is 2. The number of methoxy groups -OCH3 is 2. The minimum Gasteiger partial charge on any atom is -0.493 e. The summed E-state index contributed by atoms with van der Waals surface area (Å²) in [6.07, 6.45) is 2.09. The molecule has 1 aromatic heterocycles. The summed E-state index contributed by atoms with van der Waals surface area (Å²) in [5, 5.41) is 1.17. The summed E-state index contributed by atoms with van der Waals surface area (Å²) in [6, 6.07) is 6.56.